The lowest BCUT2D eigenvalue weighted by Gasteiger charge is -2.39. The molecule has 1 aliphatic carbocycles. The molecule has 1 saturated carbocycles. The van der Waals surface area contributed by atoms with E-state index in [-0.39, 0.29) is 23.0 Å². The summed E-state index contributed by atoms with van der Waals surface area (Å²) in [6.07, 6.45) is 0.961. The number of nitrogens with zero attached hydrogens (tertiary/aromatic N) is 1. The lowest BCUT2D eigenvalue weighted by Crippen LogP contribution is -2.49. The van der Waals surface area contributed by atoms with E-state index in [1.807, 2.05) is 0 Å². The van der Waals surface area contributed by atoms with Crippen molar-refractivity contribution in [2.45, 2.75) is 51.9 Å². The van der Waals surface area contributed by atoms with E-state index in [9.17, 15) is 10.1 Å². The van der Waals surface area contributed by atoms with Gasteiger partial charge in [0, 0.05) is 31.5 Å². The second kappa shape index (κ2) is 6.48. The number of hydrogen-bond donors (Lipinski definition) is 0. The summed E-state index contributed by atoms with van der Waals surface area (Å²) in [5.41, 5.74) is 0. The molecule has 5 unspecified atom stereocenters. The fraction of sp³-hybridized carbons (Fsp3) is 1.00. The first-order valence-corrected chi connectivity index (χ1v) is 6.61. The van der Waals surface area contributed by atoms with Gasteiger partial charge in [-0.05, 0) is 18.3 Å². The molecule has 0 aromatic heterocycles. The third-order valence-electron chi connectivity index (χ3n) is 4.49. The van der Waals surface area contributed by atoms with Crippen LogP contribution in [0.5, 0.6) is 0 Å². The monoisotopic (exact) mass is 259 g/mol. The molecule has 0 aliphatic heterocycles. The van der Waals surface area contributed by atoms with E-state index in [1.54, 1.807) is 14.2 Å². The molecule has 106 valence electrons. The van der Waals surface area contributed by atoms with Gasteiger partial charge in [-0.3, -0.25) is 10.1 Å². The van der Waals surface area contributed by atoms with Gasteiger partial charge in [0.25, 0.3) is 0 Å². The van der Waals surface area contributed by atoms with Crippen LogP contribution in [0.15, 0.2) is 0 Å². The number of hydrogen-bond acceptors (Lipinski definition) is 4. The summed E-state index contributed by atoms with van der Waals surface area (Å²) in [6, 6.07) is -0.515. The van der Waals surface area contributed by atoms with Crippen molar-refractivity contribution in [3.05, 3.63) is 10.1 Å². The molecule has 0 radical (unpaired) electrons. The zero-order valence-corrected chi connectivity index (χ0v) is 12.0. The van der Waals surface area contributed by atoms with Gasteiger partial charge in [0.15, 0.2) is 0 Å². The highest BCUT2D eigenvalue weighted by Crippen LogP contribution is 2.37. The molecule has 18 heavy (non-hydrogen) atoms. The van der Waals surface area contributed by atoms with E-state index in [4.69, 9.17) is 9.47 Å². The van der Waals surface area contributed by atoms with Gasteiger partial charge in [0.2, 0.25) is 6.04 Å². The maximum absolute atomic E-state index is 11.3. The Bertz CT molecular complexity index is 282. The first-order chi connectivity index (χ1) is 8.42. The molecule has 0 aromatic carbocycles. The number of ether oxygens (including phenoxy) is 2. The van der Waals surface area contributed by atoms with Crippen molar-refractivity contribution in [3.63, 3.8) is 0 Å². The molecule has 5 nitrogen and oxygen atoms in total. The zero-order valence-electron chi connectivity index (χ0n) is 12.0. The van der Waals surface area contributed by atoms with Crippen molar-refractivity contribution >= 4 is 0 Å². The maximum atomic E-state index is 11.3. The zero-order chi connectivity index (χ0) is 13.9. The second-order valence-corrected chi connectivity index (χ2v) is 5.64. The van der Waals surface area contributed by atoms with Crippen molar-refractivity contribution in [2.24, 2.45) is 17.8 Å². The summed E-state index contributed by atoms with van der Waals surface area (Å²) in [6.45, 7) is 6.34. The Hall–Kier alpha value is -0.680. The minimum atomic E-state index is -0.515. The van der Waals surface area contributed by atoms with Crippen LogP contribution in [0.3, 0.4) is 0 Å². The standard InChI is InChI=1S/C13H25NO4/c1-8(2)9(3)10-6-12(17-4)13(18-5)7-11(10)14(15)16/h8-13H,6-7H2,1-5H3. The first-order valence-electron chi connectivity index (χ1n) is 6.61. The molecule has 0 heterocycles. The molecule has 0 spiro atoms. The van der Waals surface area contributed by atoms with Crippen LogP contribution in [0.4, 0.5) is 0 Å². The normalized spacial score (nSPS) is 34.6. The van der Waals surface area contributed by atoms with Gasteiger partial charge in [0.1, 0.15) is 0 Å². The Morgan fingerprint density at radius 3 is 2.00 bits per heavy atom. The molecule has 5 heteroatoms. The molecule has 1 fully saturated rings. The average molecular weight is 259 g/mol. The third-order valence-corrected chi connectivity index (χ3v) is 4.49. The number of rotatable bonds is 5. The van der Waals surface area contributed by atoms with Crippen molar-refractivity contribution in [2.75, 3.05) is 14.2 Å². The number of methoxy groups -OCH3 is 2. The van der Waals surface area contributed by atoms with E-state index in [1.165, 1.54) is 0 Å². The van der Waals surface area contributed by atoms with E-state index in [0.29, 0.717) is 24.7 Å². The van der Waals surface area contributed by atoms with Crippen LogP contribution in [0, 0.1) is 27.9 Å². The van der Waals surface area contributed by atoms with Crippen LogP contribution in [0.2, 0.25) is 0 Å². The van der Waals surface area contributed by atoms with Gasteiger partial charge < -0.3 is 9.47 Å². The molecule has 0 bridgehead atoms. The fourth-order valence-electron chi connectivity index (χ4n) is 2.94. The predicted octanol–water partition coefficient (Wildman–Crippen LogP) is 2.36. The molecule has 0 aromatic rings. The summed E-state index contributed by atoms with van der Waals surface area (Å²) < 4.78 is 10.8. The first kappa shape index (κ1) is 15.4. The SMILES string of the molecule is COC1CC(C(C)C(C)C)C([N+](=O)[O-])CC1OC. The Kier molecular flexibility index (Phi) is 5.53. The summed E-state index contributed by atoms with van der Waals surface area (Å²) in [7, 11) is 3.25. The molecule has 0 N–H and O–H groups in total. The molecule has 1 aliphatic rings. The minimum Gasteiger partial charge on any atom is -0.379 e. The average Bonchev–Trinajstić information content (AvgIpc) is 2.35. The summed E-state index contributed by atoms with van der Waals surface area (Å²) >= 11 is 0. The van der Waals surface area contributed by atoms with Gasteiger partial charge in [-0.15, -0.1) is 0 Å². The summed E-state index contributed by atoms with van der Waals surface area (Å²) in [5, 5.41) is 11.3. The quantitative estimate of drug-likeness (QED) is 0.561. The van der Waals surface area contributed by atoms with Crippen molar-refractivity contribution in [1.82, 2.24) is 0 Å². The summed E-state index contributed by atoms with van der Waals surface area (Å²) in [5.74, 6) is 0.821. The number of nitro groups is 1. The van der Waals surface area contributed by atoms with Crippen LogP contribution in [0.25, 0.3) is 0 Å². The molecule has 1 rings (SSSR count). The maximum Gasteiger partial charge on any atom is 0.218 e. The van der Waals surface area contributed by atoms with Gasteiger partial charge in [-0.1, -0.05) is 20.8 Å². The van der Waals surface area contributed by atoms with Gasteiger partial charge in [-0.25, -0.2) is 0 Å². The third kappa shape index (κ3) is 3.20. The van der Waals surface area contributed by atoms with Crippen LogP contribution in [-0.2, 0) is 9.47 Å². The topological polar surface area (TPSA) is 61.6 Å². The Morgan fingerprint density at radius 2 is 1.61 bits per heavy atom. The fourth-order valence-corrected chi connectivity index (χ4v) is 2.94. The largest absolute Gasteiger partial charge is 0.379 e. The van der Waals surface area contributed by atoms with Gasteiger partial charge in [0.05, 0.1) is 12.2 Å². The van der Waals surface area contributed by atoms with Gasteiger partial charge >= 0.3 is 0 Å². The van der Waals surface area contributed by atoms with Crippen molar-refractivity contribution < 1.29 is 14.4 Å². The molecule has 0 saturated heterocycles. The minimum absolute atomic E-state index is 0.0302. The lowest BCUT2D eigenvalue weighted by atomic mass is 9.71. The Labute approximate surface area is 109 Å². The molecule has 0 amide bonds. The Morgan fingerprint density at radius 1 is 1.11 bits per heavy atom. The Balaban J connectivity index is 2.88. The van der Waals surface area contributed by atoms with Crippen molar-refractivity contribution in [3.8, 4) is 0 Å². The lowest BCUT2D eigenvalue weighted by molar-refractivity contribution is -0.542. The van der Waals surface area contributed by atoms with Crippen LogP contribution in [0.1, 0.15) is 33.6 Å². The highest BCUT2D eigenvalue weighted by Gasteiger charge is 2.46. The molecular formula is C13H25NO4. The van der Waals surface area contributed by atoms with Crippen LogP contribution < -0.4 is 0 Å². The molecular weight excluding hydrogens is 234 g/mol. The van der Waals surface area contributed by atoms with Crippen LogP contribution in [-0.4, -0.2) is 37.4 Å². The van der Waals surface area contributed by atoms with E-state index in [0.717, 1.165) is 0 Å². The predicted molar refractivity (Wildman–Crippen MR) is 69.1 cm³/mol. The van der Waals surface area contributed by atoms with E-state index >= 15 is 0 Å². The highest BCUT2D eigenvalue weighted by molar-refractivity contribution is 4.90. The smallest absolute Gasteiger partial charge is 0.218 e. The van der Waals surface area contributed by atoms with Crippen LogP contribution >= 0.6 is 0 Å². The van der Waals surface area contributed by atoms with E-state index in [2.05, 4.69) is 20.8 Å². The second-order valence-electron chi connectivity index (χ2n) is 5.64. The van der Waals surface area contributed by atoms with E-state index < -0.39 is 6.04 Å². The van der Waals surface area contributed by atoms with Crippen molar-refractivity contribution in [1.29, 1.82) is 0 Å². The highest BCUT2D eigenvalue weighted by atomic mass is 16.6. The summed E-state index contributed by atoms with van der Waals surface area (Å²) in [4.78, 5) is 11.1. The molecule has 5 atom stereocenters. The van der Waals surface area contributed by atoms with Gasteiger partial charge in [-0.2, -0.15) is 0 Å².